The molecule has 1 saturated carbocycles. The van der Waals surface area contributed by atoms with E-state index in [2.05, 4.69) is 21.6 Å². The summed E-state index contributed by atoms with van der Waals surface area (Å²) in [5.74, 6) is -3.58. The molecule has 3 saturated heterocycles. The molecule has 0 bridgehead atoms. The van der Waals surface area contributed by atoms with Crippen molar-refractivity contribution in [1.29, 1.82) is 0 Å². The molecule has 2 atom stereocenters. The topological polar surface area (TPSA) is 229 Å². The van der Waals surface area contributed by atoms with Crippen LogP contribution in [0.15, 0.2) is 77.2 Å². The number of amides is 3. The number of aliphatic carboxylic acids is 1. The van der Waals surface area contributed by atoms with Crippen LogP contribution in [0.2, 0.25) is 5.02 Å². The molecule has 4 aromatic carbocycles. The maximum absolute atomic E-state index is 14.8. The Morgan fingerprint density at radius 3 is 2.46 bits per heavy atom. The predicted molar refractivity (Wildman–Crippen MR) is 267 cm³/mol. The van der Waals surface area contributed by atoms with Gasteiger partial charge in [0.05, 0.1) is 10.6 Å². The number of aromatic nitrogens is 1. The highest BCUT2D eigenvalue weighted by Crippen LogP contribution is 2.56. The number of benzene rings is 4. The van der Waals surface area contributed by atoms with Crippen molar-refractivity contribution >= 4 is 102 Å². The number of anilines is 3. The molecule has 11 rings (SSSR count). The number of oxazole rings is 1. The Labute approximate surface area is 416 Å². The maximum Gasteiger partial charge on any atom is 0.349 e. The monoisotopic (exact) mass is 1020 g/mol. The van der Waals surface area contributed by atoms with Crippen molar-refractivity contribution in [1.82, 2.24) is 14.6 Å². The van der Waals surface area contributed by atoms with Gasteiger partial charge in [-0.15, -0.1) is 11.3 Å². The van der Waals surface area contributed by atoms with Crippen LogP contribution in [0.3, 0.4) is 0 Å². The van der Waals surface area contributed by atoms with Crippen molar-refractivity contribution < 1.29 is 51.8 Å². The molecule has 0 radical (unpaired) electrons. The van der Waals surface area contributed by atoms with Gasteiger partial charge >= 0.3 is 11.9 Å². The molecule has 17 nitrogen and oxygen atoms in total. The number of halogens is 1. The Morgan fingerprint density at radius 2 is 1.75 bits per heavy atom. The Kier molecular flexibility index (Phi) is 11.4. The van der Waals surface area contributed by atoms with Crippen LogP contribution in [-0.2, 0) is 29.2 Å². The lowest BCUT2D eigenvalue weighted by molar-refractivity contribution is -0.139. The van der Waals surface area contributed by atoms with Gasteiger partial charge in [-0.05, 0) is 123 Å². The molecular formula is C51H49ClN6O11S2. The summed E-state index contributed by atoms with van der Waals surface area (Å²) < 4.78 is 41.8. The Hall–Kier alpha value is -6.54. The standard InChI is InChI=1S/C51H49ClN6O11S2/c1-50(2)25-31(53-30-6-3-5-28(23-30)44-42(52)43(68-26-40(60)61)45(70-44)48(64)65)17-22-57(50)71(66,67)51(18-19-51)29-9-13-38-35(24-29)54-49(69-38)56-20-15-27(16-21-56)32-10-11-36-41-33(32)7-4-8-34(41)47(63)58(36)37-12-14-39(59)55-46(37)62/h3-11,13,23-24,27,31,37,53H,12,14-22,25-26H2,1-2H3,(H,60,61)(H,64,65)(H,55,59,62). The number of hydrogen-bond acceptors (Lipinski definition) is 13. The zero-order chi connectivity index (χ0) is 49.7. The quantitative estimate of drug-likeness (QED) is 0.0798. The largest absolute Gasteiger partial charge is 0.479 e. The van der Waals surface area contributed by atoms with Crippen LogP contribution in [0.1, 0.15) is 102 Å². The van der Waals surface area contributed by atoms with E-state index in [-0.39, 0.29) is 52.3 Å². The molecule has 20 heteroatoms. The van der Waals surface area contributed by atoms with Gasteiger partial charge in [-0.25, -0.2) is 18.0 Å². The van der Waals surface area contributed by atoms with Gasteiger partial charge in [0.15, 0.2) is 22.8 Å². The van der Waals surface area contributed by atoms with Gasteiger partial charge in [-0.1, -0.05) is 48.0 Å². The summed E-state index contributed by atoms with van der Waals surface area (Å²) in [6.07, 6.45) is 4.07. The molecule has 6 heterocycles. The van der Waals surface area contributed by atoms with Crippen molar-refractivity contribution in [3.8, 4) is 16.2 Å². The lowest BCUT2D eigenvalue weighted by atomic mass is 9.85. The number of carboxylic acid groups (broad SMARTS) is 2. The molecule has 71 heavy (non-hydrogen) atoms. The Balaban J connectivity index is 0.758. The Bertz CT molecular complexity index is 3360. The van der Waals surface area contributed by atoms with E-state index in [1.807, 2.05) is 62.4 Å². The minimum Gasteiger partial charge on any atom is -0.479 e. The average molecular weight is 1020 g/mol. The first kappa shape index (κ1) is 46.8. The van der Waals surface area contributed by atoms with E-state index in [1.54, 1.807) is 27.4 Å². The summed E-state index contributed by atoms with van der Waals surface area (Å²) >= 11 is 7.46. The van der Waals surface area contributed by atoms with Gasteiger partial charge < -0.3 is 29.6 Å². The second-order valence-electron chi connectivity index (χ2n) is 19.7. The highest BCUT2D eigenvalue weighted by atomic mass is 35.5. The zero-order valence-electron chi connectivity index (χ0n) is 38.7. The number of piperidine rings is 3. The van der Waals surface area contributed by atoms with Crippen molar-refractivity contribution in [3.05, 3.63) is 99.4 Å². The van der Waals surface area contributed by atoms with Crippen LogP contribution in [0.25, 0.3) is 32.3 Å². The summed E-state index contributed by atoms with van der Waals surface area (Å²) in [6, 6.07) is 22.2. The predicted octanol–water partition coefficient (Wildman–Crippen LogP) is 8.35. The number of carbonyl (C=O) groups is 5. The third-order valence-corrected chi connectivity index (χ3v) is 19.4. The number of hydrogen-bond donors (Lipinski definition) is 4. The molecule has 4 fully saturated rings. The number of imide groups is 1. The molecule has 5 aliphatic rings. The van der Waals surface area contributed by atoms with E-state index in [4.69, 9.17) is 30.8 Å². The van der Waals surface area contributed by atoms with Crippen molar-refractivity contribution in [2.45, 2.75) is 93.5 Å². The second kappa shape index (κ2) is 17.3. The first-order chi connectivity index (χ1) is 33.9. The average Bonchev–Trinajstić information content (AvgIpc) is 3.84. The summed E-state index contributed by atoms with van der Waals surface area (Å²) in [4.78, 5) is 70.4. The fraction of sp³-hybridized carbons (Fsp3) is 0.373. The molecule has 6 aromatic rings. The normalized spacial score (nSPS) is 21.2. The molecule has 4 aliphatic heterocycles. The number of aromatic carboxylic acids is 1. The van der Waals surface area contributed by atoms with Crippen LogP contribution in [0.5, 0.6) is 5.75 Å². The first-order valence-electron chi connectivity index (χ1n) is 23.6. The summed E-state index contributed by atoms with van der Waals surface area (Å²) in [6.45, 7) is 4.78. The molecule has 4 N–H and O–H groups in total. The smallest absolute Gasteiger partial charge is 0.349 e. The summed E-state index contributed by atoms with van der Waals surface area (Å²) in [7, 11) is -3.85. The van der Waals surface area contributed by atoms with E-state index >= 15 is 0 Å². The zero-order valence-corrected chi connectivity index (χ0v) is 41.1. The minimum absolute atomic E-state index is 0.00977. The summed E-state index contributed by atoms with van der Waals surface area (Å²) in [5.41, 5.74) is 4.84. The highest BCUT2D eigenvalue weighted by Gasteiger charge is 2.61. The first-order valence-corrected chi connectivity index (χ1v) is 26.3. The van der Waals surface area contributed by atoms with Crippen molar-refractivity contribution in [2.75, 3.05) is 41.4 Å². The van der Waals surface area contributed by atoms with Gasteiger partial charge in [0.2, 0.25) is 21.8 Å². The lowest BCUT2D eigenvalue weighted by Gasteiger charge is -2.46. The third-order valence-electron chi connectivity index (χ3n) is 14.8. The van der Waals surface area contributed by atoms with Gasteiger partial charge in [-0.2, -0.15) is 9.29 Å². The minimum atomic E-state index is -3.85. The Morgan fingerprint density at radius 1 is 0.972 bits per heavy atom. The number of carbonyl (C=O) groups excluding carboxylic acids is 3. The molecule has 0 spiro atoms. The maximum atomic E-state index is 14.8. The number of rotatable bonds is 13. The molecular weight excluding hydrogens is 972 g/mol. The van der Waals surface area contributed by atoms with E-state index in [0.29, 0.717) is 89.7 Å². The number of fused-ring (bicyclic) bond motifs is 1. The van der Waals surface area contributed by atoms with E-state index in [9.17, 15) is 37.5 Å². The second-order valence-corrected chi connectivity index (χ2v) is 23.2. The van der Waals surface area contributed by atoms with E-state index < -0.39 is 50.8 Å². The lowest BCUT2D eigenvalue weighted by Crippen LogP contribution is -2.57. The molecule has 368 valence electrons. The molecule has 2 unspecified atom stereocenters. The molecule has 3 amide bonds. The number of sulfonamides is 1. The number of thiophene rings is 1. The highest BCUT2D eigenvalue weighted by molar-refractivity contribution is 7.90. The molecule has 1 aliphatic carbocycles. The van der Waals surface area contributed by atoms with Gasteiger partial charge in [0.1, 0.15) is 21.3 Å². The van der Waals surface area contributed by atoms with Crippen LogP contribution in [-0.4, -0.2) is 101 Å². The number of nitrogens with zero attached hydrogens (tertiary/aromatic N) is 4. The molecule has 2 aromatic heterocycles. The van der Waals surface area contributed by atoms with Crippen molar-refractivity contribution in [2.24, 2.45) is 0 Å². The van der Waals surface area contributed by atoms with Crippen molar-refractivity contribution in [3.63, 3.8) is 0 Å². The third kappa shape index (κ3) is 7.97. The van der Waals surface area contributed by atoms with Crippen LogP contribution in [0.4, 0.5) is 17.4 Å². The van der Waals surface area contributed by atoms with Gasteiger partial charge in [0.25, 0.3) is 11.9 Å². The fourth-order valence-electron chi connectivity index (χ4n) is 11.3. The van der Waals surface area contributed by atoms with Crippen LogP contribution < -0.4 is 25.2 Å². The van der Waals surface area contributed by atoms with Crippen LogP contribution in [0, 0.1) is 0 Å². The van der Waals surface area contributed by atoms with Crippen LogP contribution >= 0.6 is 22.9 Å². The number of nitrogens with one attached hydrogen (secondary N) is 2. The summed E-state index contributed by atoms with van der Waals surface area (Å²) in [5, 5.41) is 26.6. The SMILES string of the molecule is CC1(C)CC(Nc2cccc(-c3sc(C(=O)O)c(OCC(=O)O)c3Cl)c2)CCN1S(=O)(=O)C1(c2ccc3oc(N4CCC(c5ccc6c7c(cccc57)C(=O)N6C5CCC(=O)NC5=O)CC4)nc3c2)CC1. The van der Waals surface area contributed by atoms with E-state index in [0.717, 1.165) is 46.2 Å². The van der Waals surface area contributed by atoms with Gasteiger partial charge in [-0.3, -0.25) is 24.6 Å². The fourth-order valence-corrected chi connectivity index (χ4v) is 15.2. The number of carboxylic acids is 2. The van der Waals surface area contributed by atoms with E-state index in [1.165, 1.54) is 0 Å². The van der Waals surface area contributed by atoms with Gasteiger partial charge in [0, 0.05) is 54.3 Å². The number of ether oxygens (including phenoxy) is 1.